The van der Waals surface area contributed by atoms with Crippen LogP contribution in [-0.2, 0) is 22.6 Å². The van der Waals surface area contributed by atoms with Gasteiger partial charge >= 0.3 is 5.97 Å². The molecule has 8 heteroatoms. The number of likely N-dealkylation sites (tertiary alicyclic amines) is 1. The van der Waals surface area contributed by atoms with Crippen molar-refractivity contribution in [1.82, 2.24) is 14.7 Å². The maximum atomic E-state index is 12.6. The van der Waals surface area contributed by atoms with E-state index in [-0.39, 0.29) is 17.3 Å². The van der Waals surface area contributed by atoms with Crippen LogP contribution < -0.4 is 5.56 Å². The van der Waals surface area contributed by atoms with Gasteiger partial charge in [0, 0.05) is 0 Å². The standard InChI is InChI=1S/C18H24ClN3O4/c1-18(2,3)26-14(23)11-22-17(24)13-9-12(25-15(13)16(19)20-22)10-21-7-5-4-6-8-21/h9H,4-8,10-11H2,1-3H3. The quantitative estimate of drug-likeness (QED) is 0.758. The summed E-state index contributed by atoms with van der Waals surface area (Å²) in [6, 6.07) is 1.70. The summed E-state index contributed by atoms with van der Waals surface area (Å²) in [5, 5.41) is 4.39. The molecule has 7 nitrogen and oxygen atoms in total. The van der Waals surface area contributed by atoms with Crippen LogP contribution in [0.25, 0.3) is 11.0 Å². The molecule has 1 saturated heterocycles. The summed E-state index contributed by atoms with van der Waals surface area (Å²) in [5.74, 6) is 0.136. The minimum atomic E-state index is -0.633. The summed E-state index contributed by atoms with van der Waals surface area (Å²) in [7, 11) is 0. The molecule has 0 aliphatic carbocycles. The maximum absolute atomic E-state index is 12.6. The fraction of sp³-hybridized carbons (Fsp3) is 0.611. The zero-order chi connectivity index (χ0) is 18.9. The second-order valence-electron chi connectivity index (χ2n) is 7.63. The number of fused-ring (bicyclic) bond motifs is 1. The molecule has 0 radical (unpaired) electrons. The van der Waals surface area contributed by atoms with E-state index in [0.29, 0.717) is 17.7 Å². The molecule has 0 spiro atoms. The third kappa shape index (κ3) is 4.45. The van der Waals surface area contributed by atoms with E-state index in [1.807, 2.05) is 0 Å². The number of hydrogen-bond acceptors (Lipinski definition) is 6. The average molecular weight is 382 g/mol. The molecular weight excluding hydrogens is 358 g/mol. The summed E-state index contributed by atoms with van der Waals surface area (Å²) >= 11 is 6.18. The number of furan rings is 1. The summed E-state index contributed by atoms with van der Waals surface area (Å²) in [4.78, 5) is 26.9. The minimum absolute atomic E-state index is 0.0630. The third-order valence-corrected chi connectivity index (χ3v) is 4.42. The first kappa shape index (κ1) is 18.9. The van der Waals surface area contributed by atoms with Crippen molar-refractivity contribution >= 4 is 28.5 Å². The average Bonchev–Trinajstić information content (AvgIpc) is 2.96. The maximum Gasteiger partial charge on any atom is 0.328 e. The van der Waals surface area contributed by atoms with E-state index in [2.05, 4.69) is 10.00 Å². The Morgan fingerprint density at radius 3 is 2.65 bits per heavy atom. The van der Waals surface area contributed by atoms with Gasteiger partial charge < -0.3 is 9.15 Å². The van der Waals surface area contributed by atoms with Crippen molar-refractivity contribution in [2.24, 2.45) is 0 Å². The molecule has 0 bridgehead atoms. The summed E-state index contributed by atoms with van der Waals surface area (Å²) in [6.07, 6.45) is 3.60. The predicted octanol–water partition coefficient (Wildman–Crippen LogP) is 2.97. The Kier molecular flexibility index (Phi) is 5.39. The highest BCUT2D eigenvalue weighted by molar-refractivity contribution is 6.33. The van der Waals surface area contributed by atoms with E-state index in [4.69, 9.17) is 20.8 Å². The number of hydrogen-bond donors (Lipinski definition) is 0. The van der Waals surface area contributed by atoms with Crippen LogP contribution in [0.2, 0.25) is 5.15 Å². The van der Waals surface area contributed by atoms with Gasteiger partial charge in [-0.15, -0.1) is 0 Å². The molecule has 0 atom stereocenters. The lowest BCUT2D eigenvalue weighted by molar-refractivity contribution is -0.155. The molecule has 0 N–H and O–H groups in total. The van der Waals surface area contributed by atoms with Crippen molar-refractivity contribution in [1.29, 1.82) is 0 Å². The molecule has 2 aromatic heterocycles. The first-order chi connectivity index (χ1) is 12.2. The van der Waals surface area contributed by atoms with Gasteiger partial charge in [0.15, 0.2) is 10.7 Å². The Bertz CT molecular complexity index is 860. The summed E-state index contributed by atoms with van der Waals surface area (Å²) < 4.78 is 12.0. The number of ether oxygens (including phenoxy) is 1. The van der Waals surface area contributed by atoms with Gasteiger partial charge in [0.05, 0.1) is 11.9 Å². The molecule has 3 rings (SSSR count). The highest BCUT2D eigenvalue weighted by Crippen LogP contribution is 2.24. The highest BCUT2D eigenvalue weighted by atomic mass is 35.5. The van der Waals surface area contributed by atoms with E-state index in [1.165, 1.54) is 19.3 Å². The number of esters is 1. The van der Waals surface area contributed by atoms with Crippen LogP contribution >= 0.6 is 11.6 Å². The van der Waals surface area contributed by atoms with Crippen LogP contribution in [0.3, 0.4) is 0 Å². The van der Waals surface area contributed by atoms with E-state index >= 15 is 0 Å². The lowest BCUT2D eigenvalue weighted by atomic mass is 10.1. The van der Waals surface area contributed by atoms with Crippen LogP contribution in [0.15, 0.2) is 15.3 Å². The molecule has 0 amide bonds. The minimum Gasteiger partial charge on any atom is -0.459 e. The predicted molar refractivity (Wildman–Crippen MR) is 98.3 cm³/mol. The van der Waals surface area contributed by atoms with Crippen LogP contribution in [0.4, 0.5) is 0 Å². The highest BCUT2D eigenvalue weighted by Gasteiger charge is 2.21. The molecule has 26 heavy (non-hydrogen) atoms. The van der Waals surface area contributed by atoms with Crippen LogP contribution in [0.1, 0.15) is 45.8 Å². The molecule has 2 aromatic rings. The molecule has 142 valence electrons. The molecule has 3 heterocycles. The van der Waals surface area contributed by atoms with Crippen LogP contribution in [0, 0.1) is 0 Å². The van der Waals surface area contributed by atoms with Crippen molar-refractivity contribution in [2.75, 3.05) is 13.1 Å². The number of aromatic nitrogens is 2. The van der Waals surface area contributed by atoms with Crippen molar-refractivity contribution < 1.29 is 13.9 Å². The van der Waals surface area contributed by atoms with Crippen molar-refractivity contribution in [3.05, 3.63) is 27.3 Å². The van der Waals surface area contributed by atoms with Gasteiger partial charge in [0.1, 0.15) is 17.9 Å². The Hall–Kier alpha value is -1.86. The van der Waals surface area contributed by atoms with Gasteiger partial charge in [-0.25, -0.2) is 4.68 Å². The Morgan fingerprint density at radius 2 is 2.00 bits per heavy atom. The first-order valence-electron chi connectivity index (χ1n) is 8.86. The zero-order valence-corrected chi connectivity index (χ0v) is 16.1. The summed E-state index contributed by atoms with van der Waals surface area (Å²) in [5.41, 5.74) is -0.778. The van der Waals surface area contributed by atoms with Crippen molar-refractivity contribution in [2.45, 2.75) is 58.7 Å². The van der Waals surface area contributed by atoms with Gasteiger partial charge in [0.2, 0.25) is 0 Å². The first-order valence-corrected chi connectivity index (χ1v) is 9.24. The van der Waals surface area contributed by atoms with Gasteiger partial charge in [-0.2, -0.15) is 5.10 Å². The van der Waals surface area contributed by atoms with Gasteiger partial charge in [-0.3, -0.25) is 14.5 Å². The Labute approximate surface area is 156 Å². The monoisotopic (exact) mass is 381 g/mol. The third-order valence-electron chi connectivity index (χ3n) is 4.17. The van der Waals surface area contributed by atoms with E-state index in [9.17, 15) is 9.59 Å². The van der Waals surface area contributed by atoms with Gasteiger partial charge in [-0.05, 0) is 52.8 Å². The van der Waals surface area contributed by atoms with Crippen LogP contribution in [0.5, 0.6) is 0 Å². The number of carbonyl (C=O) groups excluding carboxylic acids is 1. The molecule has 0 saturated carbocycles. The molecular formula is C18H24ClN3O4. The molecule has 1 aliphatic heterocycles. The van der Waals surface area contributed by atoms with Crippen molar-refractivity contribution in [3.63, 3.8) is 0 Å². The van der Waals surface area contributed by atoms with E-state index in [0.717, 1.165) is 17.8 Å². The Balaban J connectivity index is 1.84. The van der Waals surface area contributed by atoms with Crippen molar-refractivity contribution in [3.8, 4) is 0 Å². The second-order valence-corrected chi connectivity index (χ2v) is 7.99. The number of rotatable bonds is 4. The van der Waals surface area contributed by atoms with Gasteiger partial charge in [-0.1, -0.05) is 18.0 Å². The lowest BCUT2D eigenvalue weighted by Gasteiger charge is -2.25. The fourth-order valence-electron chi connectivity index (χ4n) is 3.11. The lowest BCUT2D eigenvalue weighted by Crippen LogP contribution is -2.31. The smallest absolute Gasteiger partial charge is 0.328 e. The summed E-state index contributed by atoms with van der Waals surface area (Å²) in [6.45, 7) is 7.67. The van der Waals surface area contributed by atoms with Gasteiger partial charge in [0.25, 0.3) is 5.56 Å². The topological polar surface area (TPSA) is 77.6 Å². The van der Waals surface area contributed by atoms with E-state index < -0.39 is 17.1 Å². The number of carbonyl (C=O) groups is 1. The van der Waals surface area contributed by atoms with E-state index in [1.54, 1.807) is 26.8 Å². The SMILES string of the molecule is CC(C)(C)OC(=O)Cn1nc(Cl)c2oc(CN3CCCCC3)cc2c1=O. The fourth-order valence-corrected chi connectivity index (χ4v) is 3.34. The zero-order valence-electron chi connectivity index (χ0n) is 15.4. The molecule has 0 unspecified atom stereocenters. The number of halogens is 1. The van der Waals surface area contributed by atoms with Crippen LogP contribution in [-0.4, -0.2) is 39.3 Å². The largest absolute Gasteiger partial charge is 0.459 e. The molecule has 1 aliphatic rings. The Morgan fingerprint density at radius 1 is 1.31 bits per heavy atom. The number of piperidine rings is 1. The normalized spacial score (nSPS) is 16.2. The molecule has 0 aromatic carbocycles. The number of nitrogens with zero attached hydrogens (tertiary/aromatic N) is 3. The second kappa shape index (κ2) is 7.40. The molecule has 1 fully saturated rings.